The number of nitrogens with one attached hydrogen (secondary N) is 2. The summed E-state index contributed by atoms with van der Waals surface area (Å²) >= 11 is 5.18. The molecule has 0 spiro atoms. The van der Waals surface area contributed by atoms with E-state index in [4.69, 9.17) is 0 Å². The van der Waals surface area contributed by atoms with Crippen LogP contribution in [0, 0.1) is 3.57 Å². The number of urea groups is 1. The highest BCUT2D eigenvalue weighted by molar-refractivity contribution is 14.1. The van der Waals surface area contributed by atoms with E-state index < -0.39 is 11.9 Å². The molecule has 0 aromatic heterocycles. The number of benzene rings is 1. The van der Waals surface area contributed by atoms with Crippen molar-refractivity contribution in [2.24, 2.45) is 0 Å². The highest BCUT2D eigenvalue weighted by Gasteiger charge is 2.22. The maximum absolute atomic E-state index is 11.3. The molecule has 1 fully saturated rings. The van der Waals surface area contributed by atoms with Crippen LogP contribution in [0.25, 0.3) is 6.08 Å². The van der Waals surface area contributed by atoms with Crippen molar-refractivity contribution in [2.75, 3.05) is 0 Å². The molecule has 0 radical (unpaired) electrons. The van der Waals surface area contributed by atoms with Crippen molar-refractivity contribution in [3.05, 3.63) is 31.4 Å². The quantitative estimate of drug-likeness (QED) is 0.377. The summed E-state index contributed by atoms with van der Waals surface area (Å²) < 4.78 is 1.18. The Morgan fingerprint density at radius 2 is 2.00 bits per heavy atom. The van der Waals surface area contributed by atoms with Gasteiger partial charge in [-0.1, -0.05) is 0 Å². The maximum atomic E-state index is 11.3. The second-order valence-electron chi connectivity index (χ2n) is 3.30. The van der Waals surface area contributed by atoms with Crippen LogP contribution in [0.3, 0.4) is 0 Å². The van der Waals surface area contributed by atoms with Crippen molar-refractivity contribution < 1.29 is 14.7 Å². The lowest BCUT2D eigenvalue weighted by atomic mass is 10.2. The largest absolute Gasteiger partial charge is 0.506 e. The third-order valence-electron chi connectivity index (χ3n) is 2.07. The molecular formula is C10H6BrIN2O3. The molecule has 7 heteroatoms. The molecule has 1 saturated heterocycles. The van der Waals surface area contributed by atoms with Gasteiger partial charge in [0, 0.05) is 0 Å². The van der Waals surface area contributed by atoms with E-state index in [2.05, 4.69) is 26.6 Å². The van der Waals surface area contributed by atoms with Gasteiger partial charge in [0.15, 0.2) is 0 Å². The van der Waals surface area contributed by atoms with E-state index in [0.717, 1.165) is 0 Å². The Labute approximate surface area is 119 Å². The number of hydrogen-bond acceptors (Lipinski definition) is 3. The molecule has 1 aliphatic heterocycles. The zero-order valence-electron chi connectivity index (χ0n) is 8.25. The summed E-state index contributed by atoms with van der Waals surface area (Å²) in [5, 5.41) is 14.1. The second-order valence-corrected chi connectivity index (χ2v) is 5.32. The summed E-state index contributed by atoms with van der Waals surface area (Å²) in [6.45, 7) is 0. The van der Waals surface area contributed by atoms with Crippen LogP contribution in [0.2, 0.25) is 0 Å². The monoisotopic (exact) mass is 408 g/mol. The molecule has 0 aliphatic carbocycles. The Kier molecular flexibility index (Phi) is 3.38. The van der Waals surface area contributed by atoms with Gasteiger partial charge in [0.2, 0.25) is 0 Å². The number of hydrogen-bond donors (Lipinski definition) is 3. The van der Waals surface area contributed by atoms with Gasteiger partial charge in [-0.25, -0.2) is 4.79 Å². The smallest absolute Gasteiger partial charge is 0.326 e. The van der Waals surface area contributed by atoms with E-state index in [1.54, 1.807) is 12.1 Å². The number of imide groups is 1. The molecule has 88 valence electrons. The standard InChI is InChI=1S/C10H6BrIN2O3/c11-5-1-4(2-6(12)8(5)15)3-7-9(16)14-10(17)13-7/h1-3,15H,(H2,13,14,16,17). The predicted molar refractivity (Wildman–Crippen MR) is 73.2 cm³/mol. The van der Waals surface area contributed by atoms with Gasteiger partial charge in [0.25, 0.3) is 5.91 Å². The van der Waals surface area contributed by atoms with Gasteiger partial charge in [-0.05, 0) is 62.3 Å². The lowest BCUT2D eigenvalue weighted by Crippen LogP contribution is -2.22. The number of carbonyl (C=O) groups excluding carboxylic acids is 2. The SMILES string of the molecule is O=C1NC(=O)C(=Cc2cc(Br)c(O)c(I)c2)N1. The minimum Gasteiger partial charge on any atom is -0.506 e. The fourth-order valence-corrected chi connectivity index (χ4v) is 2.82. The third-order valence-corrected chi connectivity index (χ3v) is 3.50. The molecule has 1 heterocycles. The van der Waals surface area contributed by atoms with Crippen LogP contribution in [0.5, 0.6) is 5.75 Å². The summed E-state index contributed by atoms with van der Waals surface area (Å²) in [6.07, 6.45) is 1.53. The van der Waals surface area contributed by atoms with Crippen LogP contribution < -0.4 is 10.6 Å². The lowest BCUT2D eigenvalue weighted by molar-refractivity contribution is -0.115. The van der Waals surface area contributed by atoms with Crippen LogP contribution in [-0.2, 0) is 4.79 Å². The molecule has 3 amide bonds. The van der Waals surface area contributed by atoms with E-state index in [-0.39, 0.29) is 11.4 Å². The Bertz CT molecular complexity index is 533. The van der Waals surface area contributed by atoms with Crippen molar-refractivity contribution in [3.8, 4) is 5.75 Å². The highest BCUT2D eigenvalue weighted by atomic mass is 127. The fraction of sp³-hybridized carbons (Fsp3) is 0. The number of amides is 3. The number of carbonyl (C=O) groups is 2. The zero-order chi connectivity index (χ0) is 12.6. The van der Waals surface area contributed by atoms with Crippen LogP contribution in [0.4, 0.5) is 4.79 Å². The Morgan fingerprint density at radius 3 is 2.53 bits per heavy atom. The van der Waals surface area contributed by atoms with Crippen LogP contribution in [0.15, 0.2) is 22.3 Å². The molecule has 3 N–H and O–H groups in total. The molecule has 1 aromatic rings. The zero-order valence-corrected chi connectivity index (χ0v) is 12.0. The predicted octanol–water partition coefficient (Wildman–Crippen LogP) is 1.94. The summed E-state index contributed by atoms with van der Waals surface area (Å²) in [4.78, 5) is 22.2. The molecular weight excluding hydrogens is 403 g/mol. The summed E-state index contributed by atoms with van der Waals surface area (Å²) in [5.41, 5.74) is 0.884. The normalized spacial score (nSPS) is 17.2. The van der Waals surface area contributed by atoms with Gasteiger partial charge < -0.3 is 10.4 Å². The van der Waals surface area contributed by atoms with Gasteiger partial charge in [0.1, 0.15) is 11.4 Å². The van der Waals surface area contributed by atoms with Crippen molar-refractivity contribution in [1.82, 2.24) is 10.6 Å². The van der Waals surface area contributed by atoms with E-state index in [1.807, 2.05) is 22.6 Å². The molecule has 5 nitrogen and oxygen atoms in total. The van der Waals surface area contributed by atoms with Gasteiger partial charge in [-0.2, -0.15) is 0 Å². The van der Waals surface area contributed by atoms with Crippen molar-refractivity contribution in [2.45, 2.75) is 0 Å². The average Bonchev–Trinajstić information content (AvgIpc) is 2.54. The topological polar surface area (TPSA) is 78.4 Å². The Balaban J connectivity index is 2.40. The van der Waals surface area contributed by atoms with Crippen LogP contribution >= 0.6 is 38.5 Å². The van der Waals surface area contributed by atoms with E-state index in [1.165, 1.54) is 6.08 Å². The number of halogens is 2. The van der Waals surface area contributed by atoms with Crippen LogP contribution in [-0.4, -0.2) is 17.0 Å². The van der Waals surface area contributed by atoms with Crippen molar-refractivity contribution in [3.63, 3.8) is 0 Å². The summed E-state index contributed by atoms with van der Waals surface area (Å²) in [6, 6.07) is 2.82. The van der Waals surface area contributed by atoms with E-state index >= 15 is 0 Å². The third kappa shape index (κ3) is 2.60. The summed E-state index contributed by atoms with van der Waals surface area (Å²) in [7, 11) is 0. The van der Waals surface area contributed by atoms with E-state index in [0.29, 0.717) is 13.6 Å². The number of phenolic OH excluding ortho intramolecular Hbond substituents is 1. The van der Waals surface area contributed by atoms with Crippen LogP contribution in [0.1, 0.15) is 5.56 Å². The van der Waals surface area contributed by atoms with Gasteiger partial charge >= 0.3 is 6.03 Å². The molecule has 1 aliphatic rings. The number of aromatic hydroxyl groups is 1. The van der Waals surface area contributed by atoms with Gasteiger partial charge in [0.05, 0.1) is 8.04 Å². The van der Waals surface area contributed by atoms with Crippen molar-refractivity contribution in [1.29, 1.82) is 0 Å². The van der Waals surface area contributed by atoms with Gasteiger partial charge in [-0.3, -0.25) is 10.1 Å². The Hall–Kier alpha value is -1.09. The van der Waals surface area contributed by atoms with Gasteiger partial charge in [-0.15, -0.1) is 0 Å². The minimum absolute atomic E-state index is 0.146. The maximum Gasteiger partial charge on any atom is 0.326 e. The first-order chi connectivity index (χ1) is 7.97. The minimum atomic E-state index is -0.534. The fourth-order valence-electron chi connectivity index (χ4n) is 1.32. The summed E-state index contributed by atoms with van der Waals surface area (Å²) in [5.74, 6) is -0.318. The molecule has 17 heavy (non-hydrogen) atoms. The number of rotatable bonds is 1. The molecule has 2 rings (SSSR count). The van der Waals surface area contributed by atoms with E-state index in [9.17, 15) is 14.7 Å². The Morgan fingerprint density at radius 1 is 1.29 bits per heavy atom. The molecule has 0 unspecified atom stereocenters. The lowest BCUT2D eigenvalue weighted by Gasteiger charge is -2.03. The first kappa shape index (κ1) is 12.4. The van der Waals surface area contributed by atoms with Crippen molar-refractivity contribution >= 4 is 56.5 Å². The molecule has 0 atom stereocenters. The molecule has 0 bridgehead atoms. The number of phenols is 1. The first-order valence-corrected chi connectivity index (χ1v) is 6.36. The first-order valence-electron chi connectivity index (χ1n) is 4.49. The highest BCUT2D eigenvalue weighted by Crippen LogP contribution is 2.31. The average molecular weight is 409 g/mol. The molecule has 0 saturated carbocycles. The molecule has 1 aromatic carbocycles. The second kappa shape index (κ2) is 4.65.